The molecule has 1 heterocycles. The number of nitrogens with one attached hydrogen (secondary N) is 1. The second-order valence-electron chi connectivity index (χ2n) is 6.39. The second kappa shape index (κ2) is 7.78. The number of sulfonamides is 1. The lowest BCUT2D eigenvalue weighted by molar-refractivity contribution is -0.120. The summed E-state index contributed by atoms with van der Waals surface area (Å²) < 4.78 is 27.3. The summed E-state index contributed by atoms with van der Waals surface area (Å²) in [5.41, 5.74) is 1.48. The summed E-state index contributed by atoms with van der Waals surface area (Å²) in [5.74, 6) is -0.330. The van der Waals surface area contributed by atoms with Crippen molar-refractivity contribution in [2.24, 2.45) is 0 Å². The first-order valence-electron chi connectivity index (χ1n) is 8.53. The molecule has 26 heavy (non-hydrogen) atoms. The van der Waals surface area contributed by atoms with Gasteiger partial charge in [-0.05, 0) is 49.6 Å². The number of carbonyl (C=O) groups is 1. The normalized spacial score (nSPS) is 18.5. The topological polar surface area (TPSA) is 66.5 Å². The number of piperidine rings is 1. The molecule has 3 rings (SSSR count). The summed E-state index contributed by atoms with van der Waals surface area (Å²) in [6.45, 7) is 2.22. The molecular formula is C19H21ClN2O3S. The molecule has 1 aliphatic heterocycles. The highest BCUT2D eigenvalue weighted by Gasteiger charge is 2.37. The van der Waals surface area contributed by atoms with E-state index in [1.54, 1.807) is 42.5 Å². The van der Waals surface area contributed by atoms with Gasteiger partial charge in [0, 0.05) is 17.3 Å². The van der Waals surface area contributed by atoms with Crippen molar-refractivity contribution in [1.29, 1.82) is 0 Å². The number of nitrogens with zero attached hydrogens (tertiary/aromatic N) is 1. The van der Waals surface area contributed by atoms with Crippen molar-refractivity contribution in [3.8, 4) is 0 Å². The summed E-state index contributed by atoms with van der Waals surface area (Å²) in [7, 11) is -3.72. The molecule has 1 aliphatic rings. The highest BCUT2D eigenvalue weighted by atomic mass is 35.5. The Morgan fingerprint density at radius 3 is 2.58 bits per heavy atom. The number of hydrogen-bond acceptors (Lipinski definition) is 3. The molecule has 5 nitrogen and oxygen atoms in total. The van der Waals surface area contributed by atoms with Gasteiger partial charge < -0.3 is 5.32 Å². The van der Waals surface area contributed by atoms with Crippen molar-refractivity contribution in [2.45, 2.75) is 37.1 Å². The fraction of sp³-hybridized carbons (Fsp3) is 0.316. The zero-order valence-electron chi connectivity index (χ0n) is 14.5. The number of hydrogen-bond donors (Lipinski definition) is 1. The summed E-state index contributed by atoms with van der Waals surface area (Å²) in [6, 6.07) is 12.8. The van der Waals surface area contributed by atoms with Crippen LogP contribution in [0.1, 0.15) is 24.8 Å². The molecule has 1 N–H and O–H groups in total. The average Bonchev–Trinajstić information content (AvgIpc) is 2.65. The maximum absolute atomic E-state index is 13.0. The Kier molecular flexibility index (Phi) is 5.65. The van der Waals surface area contributed by atoms with Gasteiger partial charge in [0.05, 0.1) is 4.90 Å². The molecule has 1 fully saturated rings. The molecule has 0 saturated carbocycles. The maximum atomic E-state index is 13.0. The molecule has 0 spiro atoms. The van der Waals surface area contributed by atoms with Crippen LogP contribution in [0.5, 0.6) is 0 Å². The Labute approximate surface area is 159 Å². The van der Waals surface area contributed by atoms with E-state index in [4.69, 9.17) is 11.6 Å². The van der Waals surface area contributed by atoms with Crippen molar-refractivity contribution in [1.82, 2.24) is 4.31 Å². The fourth-order valence-electron chi connectivity index (χ4n) is 3.08. The average molecular weight is 393 g/mol. The predicted molar refractivity (Wildman–Crippen MR) is 103 cm³/mol. The zero-order valence-corrected chi connectivity index (χ0v) is 16.1. The third-order valence-corrected chi connectivity index (χ3v) is 6.88. The molecule has 1 saturated heterocycles. The van der Waals surface area contributed by atoms with Crippen molar-refractivity contribution >= 4 is 33.2 Å². The van der Waals surface area contributed by atoms with E-state index in [9.17, 15) is 13.2 Å². The molecule has 2 aromatic carbocycles. The van der Waals surface area contributed by atoms with E-state index in [1.165, 1.54) is 4.31 Å². The quantitative estimate of drug-likeness (QED) is 0.859. The Hall–Kier alpha value is -1.89. The molecule has 138 valence electrons. The van der Waals surface area contributed by atoms with Crippen LogP contribution in [0.3, 0.4) is 0 Å². The first-order valence-corrected chi connectivity index (χ1v) is 10.4. The van der Waals surface area contributed by atoms with E-state index >= 15 is 0 Å². The van der Waals surface area contributed by atoms with Crippen LogP contribution in [0, 0.1) is 6.92 Å². The van der Waals surface area contributed by atoms with Crippen LogP contribution >= 0.6 is 11.6 Å². The number of benzene rings is 2. The van der Waals surface area contributed by atoms with Crippen LogP contribution in [0.2, 0.25) is 5.02 Å². The van der Waals surface area contributed by atoms with Gasteiger partial charge in [-0.15, -0.1) is 0 Å². The zero-order chi connectivity index (χ0) is 18.7. The lowest BCUT2D eigenvalue weighted by Crippen LogP contribution is -2.49. The minimum atomic E-state index is -3.72. The van der Waals surface area contributed by atoms with Crippen molar-refractivity contribution in [2.75, 3.05) is 11.9 Å². The van der Waals surface area contributed by atoms with Crippen LogP contribution in [0.25, 0.3) is 0 Å². The number of amides is 1. The van der Waals surface area contributed by atoms with Gasteiger partial charge in [-0.3, -0.25) is 4.79 Å². The number of anilines is 1. The molecular weight excluding hydrogens is 372 g/mol. The van der Waals surface area contributed by atoms with Gasteiger partial charge in [-0.1, -0.05) is 42.3 Å². The summed E-state index contributed by atoms with van der Waals surface area (Å²) >= 11 is 6.11. The molecule has 1 atom stereocenters. The van der Waals surface area contributed by atoms with Gasteiger partial charge in [0.2, 0.25) is 15.9 Å². The Balaban J connectivity index is 1.84. The van der Waals surface area contributed by atoms with Crippen molar-refractivity contribution < 1.29 is 13.2 Å². The number of halogens is 1. The third kappa shape index (κ3) is 3.92. The molecule has 7 heteroatoms. The lowest BCUT2D eigenvalue weighted by Gasteiger charge is -2.33. The van der Waals surface area contributed by atoms with Crippen molar-refractivity contribution in [3.05, 3.63) is 59.1 Å². The number of carbonyl (C=O) groups excluding carboxylic acids is 1. The third-order valence-electron chi connectivity index (χ3n) is 4.55. The van der Waals surface area contributed by atoms with Crippen molar-refractivity contribution in [3.63, 3.8) is 0 Å². The van der Waals surface area contributed by atoms with E-state index in [0.717, 1.165) is 18.4 Å². The van der Waals surface area contributed by atoms with E-state index < -0.39 is 16.1 Å². The molecule has 2 aromatic rings. The highest BCUT2D eigenvalue weighted by Crippen LogP contribution is 2.27. The van der Waals surface area contributed by atoms with E-state index in [0.29, 0.717) is 23.7 Å². The fourth-order valence-corrected chi connectivity index (χ4v) is 4.94. The van der Waals surface area contributed by atoms with Gasteiger partial charge in [0.25, 0.3) is 0 Å². The van der Waals surface area contributed by atoms with Gasteiger partial charge in [-0.25, -0.2) is 8.42 Å². The minimum Gasteiger partial charge on any atom is -0.325 e. The highest BCUT2D eigenvalue weighted by molar-refractivity contribution is 7.89. The van der Waals surface area contributed by atoms with Gasteiger partial charge in [-0.2, -0.15) is 4.31 Å². The molecule has 0 radical (unpaired) electrons. The van der Waals surface area contributed by atoms with Crippen LogP contribution in [-0.2, 0) is 14.8 Å². The van der Waals surface area contributed by atoms with E-state index in [2.05, 4.69) is 5.32 Å². The predicted octanol–water partition coefficient (Wildman–Crippen LogP) is 3.83. The smallest absolute Gasteiger partial charge is 0.243 e. The molecule has 0 bridgehead atoms. The van der Waals surface area contributed by atoms with Gasteiger partial charge in [0.15, 0.2) is 0 Å². The Bertz CT molecular complexity index is 900. The number of aryl methyl sites for hydroxylation is 1. The Morgan fingerprint density at radius 1 is 1.15 bits per heavy atom. The molecule has 0 aromatic heterocycles. The van der Waals surface area contributed by atoms with Gasteiger partial charge in [0.1, 0.15) is 6.04 Å². The SMILES string of the molecule is Cc1ccc(NC(=O)[C@H]2CCCCN2S(=O)(=O)c2ccccc2)cc1Cl. The lowest BCUT2D eigenvalue weighted by atomic mass is 10.0. The molecule has 0 aliphatic carbocycles. The van der Waals surface area contributed by atoms with E-state index in [-0.39, 0.29) is 10.8 Å². The van der Waals surface area contributed by atoms with Gasteiger partial charge >= 0.3 is 0 Å². The summed E-state index contributed by atoms with van der Waals surface area (Å²) in [6.07, 6.45) is 2.05. The first-order chi connectivity index (χ1) is 12.4. The van der Waals surface area contributed by atoms with Crippen LogP contribution in [0.4, 0.5) is 5.69 Å². The van der Waals surface area contributed by atoms with E-state index in [1.807, 2.05) is 13.0 Å². The number of rotatable bonds is 4. The largest absolute Gasteiger partial charge is 0.325 e. The second-order valence-corrected chi connectivity index (χ2v) is 8.69. The van der Waals surface area contributed by atoms with Crippen LogP contribution in [-0.4, -0.2) is 31.2 Å². The monoisotopic (exact) mass is 392 g/mol. The summed E-state index contributed by atoms with van der Waals surface area (Å²) in [5, 5.41) is 3.36. The summed E-state index contributed by atoms with van der Waals surface area (Å²) in [4.78, 5) is 13.0. The Morgan fingerprint density at radius 2 is 1.88 bits per heavy atom. The molecule has 0 unspecified atom stereocenters. The maximum Gasteiger partial charge on any atom is 0.243 e. The first kappa shape index (κ1) is 18.9. The molecule has 1 amide bonds. The standard InChI is InChI=1S/C19H21ClN2O3S/c1-14-10-11-15(13-17(14)20)21-19(23)18-9-5-6-12-22(18)26(24,25)16-7-3-2-4-8-16/h2-4,7-8,10-11,13,18H,5-6,9,12H2,1H3,(H,21,23)/t18-/m1/s1. The van der Waals surface area contributed by atoms with Crippen LogP contribution < -0.4 is 5.32 Å². The minimum absolute atomic E-state index is 0.207. The van der Waals surface area contributed by atoms with Crippen LogP contribution in [0.15, 0.2) is 53.4 Å².